The average Bonchev–Trinajstić information content (AvgIpc) is 3.42. The van der Waals surface area contributed by atoms with Gasteiger partial charge in [-0.3, -0.25) is 4.79 Å². The van der Waals surface area contributed by atoms with Crippen molar-refractivity contribution in [2.45, 2.75) is 31.6 Å². The highest BCUT2D eigenvalue weighted by molar-refractivity contribution is 6.04. The predicted octanol–water partition coefficient (Wildman–Crippen LogP) is 6.50. The van der Waals surface area contributed by atoms with Gasteiger partial charge in [0, 0.05) is 43.2 Å². The van der Waals surface area contributed by atoms with Gasteiger partial charge in [0.2, 0.25) is 0 Å². The molecule has 248 valence electrons. The summed E-state index contributed by atoms with van der Waals surface area (Å²) in [6, 6.07) is 16.7. The number of ether oxygens (including phenoxy) is 2. The number of aromatic nitrogens is 4. The summed E-state index contributed by atoms with van der Waals surface area (Å²) in [5.41, 5.74) is 0.624. The van der Waals surface area contributed by atoms with E-state index in [4.69, 9.17) is 14.6 Å². The highest BCUT2D eigenvalue weighted by atomic mass is 19.4. The largest absolute Gasteiger partial charge is 0.497 e. The van der Waals surface area contributed by atoms with Gasteiger partial charge in [-0.2, -0.15) is 18.3 Å². The third-order valence-corrected chi connectivity index (χ3v) is 7.77. The number of nitrogens with zero attached hydrogens (tertiary/aromatic N) is 5. The van der Waals surface area contributed by atoms with Crippen molar-refractivity contribution in [1.29, 1.82) is 0 Å². The highest BCUT2D eigenvalue weighted by Crippen LogP contribution is 2.36. The fourth-order valence-corrected chi connectivity index (χ4v) is 5.42. The van der Waals surface area contributed by atoms with Crippen LogP contribution < -0.4 is 20.1 Å². The van der Waals surface area contributed by atoms with Gasteiger partial charge in [0.1, 0.15) is 28.5 Å². The van der Waals surface area contributed by atoms with Gasteiger partial charge in [-0.1, -0.05) is 18.2 Å². The molecule has 0 aliphatic carbocycles. The van der Waals surface area contributed by atoms with Gasteiger partial charge in [0.25, 0.3) is 5.91 Å². The molecule has 3 aromatic heterocycles. The molecule has 12 nitrogen and oxygen atoms in total. The summed E-state index contributed by atoms with van der Waals surface area (Å²) in [5.74, 6) is 0.872. The molecule has 2 aromatic carbocycles. The molecular formula is C33H30F3N7O5. The van der Waals surface area contributed by atoms with E-state index in [1.807, 2.05) is 24.3 Å². The van der Waals surface area contributed by atoms with E-state index in [1.54, 1.807) is 36.2 Å². The lowest BCUT2D eigenvalue weighted by Gasteiger charge is -2.31. The van der Waals surface area contributed by atoms with Crippen LogP contribution in [-0.2, 0) is 12.7 Å². The Hall–Kier alpha value is -5.86. The maximum Gasteiger partial charge on any atom is 0.416 e. The highest BCUT2D eigenvalue weighted by Gasteiger charge is 2.31. The molecule has 48 heavy (non-hydrogen) atoms. The molecule has 0 radical (unpaired) electrons. The molecule has 6 rings (SSSR count). The molecule has 2 amide bonds. The quantitative estimate of drug-likeness (QED) is 0.161. The Bertz CT molecular complexity index is 1950. The van der Waals surface area contributed by atoms with Crippen molar-refractivity contribution in [3.8, 4) is 17.2 Å². The fourth-order valence-electron chi connectivity index (χ4n) is 5.42. The van der Waals surface area contributed by atoms with Crippen LogP contribution in [0.3, 0.4) is 0 Å². The van der Waals surface area contributed by atoms with Crippen LogP contribution in [0.5, 0.6) is 17.2 Å². The molecule has 4 heterocycles. The first-order valence-corrected chi connectivity index (χ1v) is 14.9. The molecule has 5 aromatic rings. The van der Waals surface area contributed by atoms with E-state index < -0.39 is 23.7 Å². The number of likely N-dealkylation sites (tertiary alicyclic amines) is 1. The van der Waals surface area contributed by atoms with Crippen molar-refractivity contribution in [1.82, 2.24) is 24.6 Å². The number of amides is 2. The first-order chi connectivity index (χ1) is 23.1. The molecule has 0 bridgehead atoms. The molecule has 0 unspecified atom stereocenters. The van der Waals surface area contributed by atoms with Crippen LogP contribution in [0.1, 0.15) is 34.3 Å². The third-order valence-electron chi connectivity index (χ3n) is 7.77. The Morgan fingerprint density at radius 1 is 1.02 bits per heavy atom. The molecule has 1 aliphatic rings. The van der Waals surface area contributed by atoms with E-state index >= 15 is 0 Å². The van der Waals surface area contributed by atoms with E-state index in [2.05, 4.69) is 20.6 Å². The van der Waals surface area contributed by atoms with Gasteiger partial charge >= 0.3 is 12.3 Å². The smallest absolute Gasteiger partial charge is 0.416 e. The van der Waals surface area contributed by atoms with Gasteiger partial charge in [-0.05, 0) is 60.9 Å². The lowest BCUT2D eigenvalue weighted by Crippen LogP contribution is -2.44. The van der Waals surface area contributed by atoms with Gasteiger partial charge in [-0.15, -0.1) is 0 Å². The maximum absolute atomic E-state index is 13.1. The third kappa shape index (κ3) is 7.24. The summed E-state index contributed by atoms with van der Waals surface area (Å²) in [6.07, 6.45) is -1.63. The topological polar surface area (TPSA) is 144 Å². The van der Waals surface area contributed by atoms with Crippen molar-refractivity contribution >= 4 is 34.7 Å². The standard InChI is InChI=1S/C33H30F3N7O5/c1-47-24-9-7-20(8-10-24)18-43-30-28(29(41-43)39-23-5-3-15-42(19-23)32(45)46)26(12-14-38-30)48-25-6-2-4-21(16-25)31(44)40-27-17-22(11-13-37-27)33(34,35)36/h2,4,6-14,16-17,23H,3,5,15,18-19H2,1H3,(H,39,41)(H,45,46)(H,37,40,44)/t23-/m1/s1. The summed E-state index contributed by atoms with van der Waals surface area (Å²) in [5, 5.41) is 20.7. The van der Waals surface area contributed by atoms with E-state index in [1.165, 1.54) is 17.0 Å². The second kappa shape index (κ2) is 13.5. The number of rotatable bonds is 9. The zero-order valence-corrected chi connectivity index (χ0v) is 25.6. The number of alkyl halides is 3. The van der Waals surface area contributed by atoms with Gasteiger partial charge in [-0.25, -0.2) is 19.4 Å². The van der Waals surface area contributed by atoms with Crippen LogP contribution in [0, 0.1) is 0 Å². The van der Waals surface area contributed by atoms with E-state index in [-0.39, 0.29) is 29.7 Å². The first-order valence-electron chi connectivity index (χ1n) is 14.9. The number of carbonyl (C=O) groups excluding carboxylic acids is 1. The lowest BCUT2D eigenvalue weighted by atomic mass is 10.1. The van der Waals surface area contributed by atoms with Crippen LogP contribution >= 0.6 is 0 Å². The molecule has 1 fully saturated rings. The predicted molar refractivity (Wildman–Crippen MR) is 170 cm³/mol. The second-order valence-corrected chi connectivity index (χ2v) is 11.1. The number of benzene rings is 2. The van der Waals surface area contributed by atoms with Crippen LogP contribution in [0.15, 0.2) is 79.1 Å². The van der Waals surface area contributed by atoms with Crippen LogP contribution in [0.4, 0.5) is 29.6 Å². The molecular weight excluding hydrogens is 631 g/mol. The summed E-state index contributed by atoms with van der Waals surface area (Å²) in [7, 11) is 1.59. The van der Waals surface area contributed by atoms with Crippen molar-refractivity contribution in [3.63, 3.8) is 0 Å². The Kier molecular flexibility index (Phi) is 9.01. The number of hydrogen-bond donors (Lipinski definition) is 3. The van der Waals surface area contributed by atoms with E-state index in [9.17, 15) is 27.9 Å². The van der Waals surface area contributed by atoms with Crippen molar-refractivity contribution < 1.29 is 37.3 Å². The summed E-state index contributed by atoms with van der Waals surface area (Å²) in [4.78, 5) is 34.4. The normalized spacial score (nSPS) is 14.8. The maximum atomic E-state index is 13.1. The number of pyridine rings is 2. The zero-order valence-electron chi connectivity index (χ0n) is 25.6. The van der Waals surface area contributed by atoms with Crippen LogP contribution in [0.2, 0.25) is 0 Å². The molecule has 15 heteroatoms. The average molecular weight is 662 g/mol. The summed E-state index contributed by atoms with van der Waals surface area (Å²) >= 11 is 0. The van der Waals surface area contributed by atoms with Crippen LogP contribution in [0.25, 0.3) is 11.0 Å². The summed E-state index contributed by atoms with van der Waals surface area (Å²) in [6.45, 7) is 1.09. The molecule has 0 saturated carbocycles. The number of hydrogen-bond acceptors (Lipinski definition) is 8. The zero-order chi connectivity index (χ0) is 33.8. The summed E-state index contributed by atoms with van der Waals surface area (Å²) < 4.78 is 52.7. The van der Waals surface area contributed by atoms with Gasteiger partial charge in [0.15, 0.2) is 11.5 Å². The number of carboxylic acid groups (broad SMARTS) is 1. The molecule has 1 aliphatic heterocycles. The number of nitrogens with one attached hydrogen (secondary N) is 2. The number of halogens is 3. The monoisotopic (exact) mass is 661 g/mol. The van der Waals surface area contributed by atoms with Crippen molar-refractivity contribution in [3.05, 3.63) is 95.8 Å². The first kappa shape index (κ1) is 32.1. The number of carbonyl (C=O) groups is 2. The van der Waals surface area contributed by atoms with E-state index in [0.717, 1.165) is 30.3 Å². The molecule has 3 N–H and O–H groups in total. The lowest BCUT2D eigenvalue weighted by molar-refractivity contribution is -0.137. The number of fused-ring (bicyclic) bond motifs is 1. The SMILES string of the molecule is COc1ccc(Cn2nc(N[C@@H]3CCCN(C(=O)O)C3)c3c(Oc4cccc(C(=O)Nc5cc(C(F)(F)F)ccn5)c4)ccnc32)cc1. The Balaban J connectivity index is 1.30. The molecule has 0 spiro atoms. The minimum atomic E-state index is -4.59. The van der Waals surface area contributed by atoms with E-state index in [0.29, 0.717) is 47.9 Å². The van der Waals surface area contributed by atoms with Crippen LogP contribution in [-0.4, -0.2) is 68.0 Å². The minimum Gasteiger partial charge on any atom is -0.497 e. The Labute approximate surface area is 272 Å². The van der Waals surface area contributed by atoms with Gasteiger partial charge in [0.05, 0.1) is 19.2 Å². The molecule has 1 atom stereocenters. The Morgan fingerprint density at radius 3 is 2.56 bits per heavy atom. The molecule has 1 saturated heterocycles. The number of methoxy groups -OCH3 is 1. The fraction of sp³-hybridized carbons (Fsp3) is 0.242. The van der Waals surface area contributed by atoms with Gasteiger partial charge < -0.3 is 30.1 Å². The number of piperidine rings is 1. The Morgan fingerprint density at radius 2 is 1.81 bits per heavy atom. The van der Waals surface area contributed by atoms with Crippen molar-refractivity contribution in [2.24, 2.45) is 0 Å². The second-order valence-electron chi connectivity index (χ2n) is 11.1. The van der Waals surface area contributed by atoms with Crippen molar-refractivity contribution in [2.75, 3.05) is 30.8 Å². The minimum absolute atomic E-state index is 0.126. The number of anilines is 2.